The van der Waals surface area contributed by atoms with Crippen LogP contribution in [0.2, 0.25) is 0 Å². The van der Waals surface area contributed by atoms with E-state index in [1.54, 1.807) is 37.3 Å². The van der Waals surface area contributed by atoms with E-state index < -0.39 is 41.8 Å². The lowest BCUT2D eigenvalue weighted by Crippen LogP contribution is -2.30. The number of Topliss-reactive ketones (excluding diaryl/α,β-unsaturated/α-hetero) is 1. The van der Waals surface area contributed by atoms with Crippen molar-refractivity contribution in [2.75, 3.05) is 6.61 Å². The van der Waals surface area contributed by atoms with E-state index in [0.29, 0.717) is 16.7 Å². The SMILES string of the molecule is CCOC(=O)C1=CCC2=C(C(=O)C3c4ccccc4C(OC(C)=O)C3C(=O)O2)C1c1ccc(C)cc1. The number of hydrogen-bond acceptors (Lipinski definition) is 7. The molecule has 2 aliphatic carbocycles. The number of carbonyl (C=O) groups excluding carboxylic acids is 4. The fourth-order valence-electron chi connectivity index (χ4n) is 5.50. The molecule has 4 atom stereocenters. The topological polar surface area (TPSA) is 96.0 Å². The number of esters is 3. The average Bonchev–Trinajstić information content (AvgIpc) is 3.12. The Morgan fingerprint density at radius 2 is 1.72 bits per heavy atom. The number of allylic oxidation sites excluding steroid dienone is 2. The van der Waals surface area contributed by atoms with Gasteiger partial charge in [0.2, 0.25) is 0 Å². The highest BCUT2D eigenvalue weighted by Gasteiger charge is 2.55. The van der Waals surface area contributed by atoms with E-state index >= 15 is 0 Å². The number of ether oxygens (including phenoxy) is 3. The fraction of sp³-hybridized carbons (Fsp3) is 0.310. The third-order valence-corrected chi connectivity index (χ3v) is 6.99. The van der Waals surface area contributed by atoms with Gasteiger partial charge in [-0.3, -0.25) is 14.4 Å². The van der Waals surface area contributed by atoms with Gasteiger partial charge in [0.1, 0.15) is 17.8 Å². The van der Waals surface area contributed by atoms with Crippen molar-refractivity contribution in [2.45, 2.75) is 45.1 Å². The van der Waals surface area contributed by atoms with Crippen LogP contribution in [0.4, 0.5) is 0 Å². The van der Waals surface area contributed by atoms with Crippen molar-refractivity contribution in [3.8, 4) is 0 Å². The third-order valence-electron chi connectivity index (χ3n) is 6.99. The Labute approximate surface area is 208 Å². The molecule has 2 aromatic rings. The molecule has 0 spiro atoms. The first-order valence-corrected chi connectivity index (χ1v) is 12.0. The van der Waals surface area contributed by atoms with Crippen LogP contribution in [-0.2, 0) is 33.4 Å². The minimum atomic E-state index is -1.02. The van der Waals surface area contributed by atoms with Crippen LogP contribution in [0.15, 0.2) is 71.5 Å². The second-order valence-electron chi connectivity index (χ2n) is 9.21. The van der Waals surface area contributed by atoms with E-state index in [2.05, 4.69) is 0 Å². The van der Waals surface area contributed by atoms with E-state index in [9.17, 15) is 19.2 Å². The van der Waals surface area contributed by atoms with Crippen LogP contribution in [0.1, 0.15) is 60.5 Å². The monoisotopic (exact) mass is 486 g/mol. The van der Waals surface area contributed by atoms with Gasteiger partial charge in [-0.1, -0.05) is 60.2 Å². The largest absolute Gasteiger partial charge is 0.463 e. The zero-order chi connectivity index (χ0) is 25.6. The first-order valence-electron chi connectivity index (χ1n) is 12.0. The Balaban J connectivity index is 1.67. The second-order valence-corrected chi connectivity index (χ2v) is 9.21. The summed E-state index contributed by atoms with van der Waals surface area (Å²) in [7, 11) is 0. The Morgan fingerprint density at radius 3 is 2.39 bits per heavy atom. The number of rotatable bonds is 4. The first-order chi connectivity index (χ1) is 17.3. The maximum Gasteiger partial charge on any atom is 0.334 e. The summed E-state index contributed by atoms with van der Waals surface area (Å²) in [6.45, 7) is 5.13. The van der Waals surface area contributed by atoms with Crippen LogP contribution in [0, 0.1) is 12.8 Å². The number of benzene rings is 2. The summed E-state index contributed by atoms with van der Waals surface area (Å²) >= 11 is 0. The average molecular weight is 487 g/mol. The highest BCUT2D eigenvalue weighted by Crippen LogP contribution is 2.54. The molecule has 1 heterocycles. The van der Waals surface area contributed by atoms with Crippen molar-refractivity contribution < 1.29 is 33.4 Å². The van der Waals surface area contributed by atoms with E-state index in [4.69, 9.17) is 14.2 Å². The van der Waals surface area contributed by atoms with Crippen LogP contribution >= 0.6 is 0 Å². The van der Waals surface area contributed by atoms with E-state index in [0.717, 1.165) is 11.1 Å². The third kappa shape index (κ3) is 3.85. The smallest absolute Gasteiger partial charge is 0.334 e. The lowest BCUT2D eigenvalue weighted by atomic mass is 9.74. The second kappa shape index (κ2) is 9.22. The van der Waals surface area contributed by atoms with Gasteiger partial charge in [-0.15, -0.1) is 0 Å². The highest BCUT2D eigenvalue weighted by atomic mass is 16.6. The molecule has 0 bridgehead atoms. The van der Waals surface area contributed by atoms with Crippen molar-refractivity contribution in [2.24, 2.45) is 5.92 Å². The molecule has 0 saturated carbocycles. The minimum Gasteiger partial charge on any atom is -0.463 e. The normalized spacial score (nSPS) is 24.6. The maximum absolute atomic E-state index is 14.4. The number of carbonyl (C=O) groups is 4. The molecule has 1 aliphatic heterocycles. The molecule has 4 unspecified atom stereocenters. The van der Waals surface area contributed by atoms with Gasteiger partial charge in [-0.25, -0.2) is 4.79 Å². The minimum absolute atomic E-state index is 0.0998. The van der Waals surface area contributed by atoms with Gasteiger partial charge < -0.3 is 14.2 Å². The van der Waals surface area contributed by atoms with Gasteiger partial charge in [-0.2, -0.15) is 0 Å². The van der Waals surface area contributed by atoms with E-state index in [1.165, 1.54) is 6.92 Å². The van der Waals surface area contributed by atoms with Crippen LogP contribution in [-0.4, -0.2) is 30.3 Å². The Kier molecular flexibility index (Phi) is 6.08. The van der Waals surface area contributed by atoms with Crippen molar-refractivity contribution in [1.29, 1.82) is 0 Å². The quantitative estimate of drug-likeness (QED) is 0.468. The fourth-order valence-corrected chi connectivity index (χ4v) is 5.50. The number of aryl methyl sites for hydroxylation is 1. The van der Waals surface area contributed by atoms with Gasteiger partial charge in [0, 0.05) is 30.4 Å². The molecule has 3 aliphatic rings. The number of hydrogen-bond donors (Lipinski definition) is 0. The molecule has 7 heteroatoms. The molecule has 5 rings (SSSR count). The lowest BCUT2D eigenvalue weighted by molar-refractivity contribution is -0.159. The van der Waals surface area contributed by atoms with Crippen LogP contribution in [0.5, 0.6) is 0 Å². The van der Waals surface area contributed by atoms with Crippen LogP contribution < -0.4 is 0 Å². The first kappa shape index (κ1) is 23.7. The predicted molar refractivity (Wildman–Crippen MR) is 129 cm³/mol. The number of fused-ring (bicyclic) bond motifs is 3. The van der Waals surface area contributed by atoms with Gasteiger partial charge in [-0.05, 0) is 30.5 Å². The summed E-state index contributed by atoms with van der Waals surface area (Å²) in [6.07, 6.45) is 0.834. The van der Waals surface area contributed by atoms with Crippen molar-refractivity contribution in [3.05, 3.63) is 93.8 Å². The van der Waals surface area contributed by atoms with Crippen molar-refractivity contribution >= 4 is 23.7 Å². The van der Waals surface area contributed by atoms with Crippen molar-refractivity contribution in [1.82, 2.24) is 0 Å². The molecular weight excluding hydrogens is 460 g/mol. The predicted octanol–water partition coefficient (Wildman–Crippen LogP) is 4.37. The van der Waals surface area contributed by atoms with Crippen LogP contribution in [0.25, 0.3) is 0 Å². The Bertz CT molecular complexity index is 1330. The van der Waals surface area contributed by atoms with Gasteiger partial charge in [0.15, 0.2) is 5.78 Å². The molecular formula is C29H26O7. The zero-order valence-electron chi connectivity index (χ0n) is 20.3. The molecule has 0 amide bonds. The molecule has 7 nitrogen and oxygen atoms in total. The molecule has 0 saturated heterocycles. The van der Waals surface area contributed by atoms with Gasteiger partial charge in [0.25, 0.3) is 0 Å². The Hall–Kier alpha value is -4.00. The Morgan fingerprint density at radius 1 is 1.03 bits per heavy atom. The number of ketones is 1. The highest BCUT2D eigenvalue weighted by molar-refractivity contribution is 6.09. The summed E-state index contributed by atoms with van der Waals surface area (Å²) in [6, 6.07) is 14.6. The molecule has 0 radical (unpaired) electrons. The summed E-state index contributed by atoms with van der Waals surface area (Å²) in [4.78, 5) is 52.7. The van der Waals surface area contributed by atoms with Gasteiger partial charge in [0.05, 0.1) is 12.5 Å². The van der Waals surface area contributed by atoms with Crippen molar-refractivity contribution in [3.63, 3.8) is 0 Å². The lowest BCUT2D eigenvalue weighted by Gasteiger charge is -2.28. The summed E-state index contributed by atoms with van der Waals surface area (Å²) in [5.41, 5.74) is 3.59. The van der Waals surface area contributed by atoms with Gasteiger partial charge >= 0.3 is 17.9 Å². The molecule has 2 aromatic carbocycles. The summed E-state index contributed by atoms with van der Waals surface area (Å²) in [5.74, 6) is -4.47. The summed E-state index contributed by atoms with van der Waals surface area (Å²) < 4.78 is 16.7. The molecule has 0 N–H and O–H groups in total. The molecule has 184 valence electrons. The standard InChI is InChI=1S/C29H26O7/c1-4-34-28(32)20-13-14-21-24(22(20)17-11-9-15(2)10-12-17)26(31)23-18-7-5-6-8-19(18)27(35-16(3)30)25(23)29(33)36-21/h5-13,22-23,25,27H,4,14H2,1-3H3. The van der Waals surface area contributed by atoms with Crippen LogP contribution in [0.3, 0.4) is 0 Å². The molecule has 0 aromatic heterocycles. The zero-order valence-corrected chi connectivity index (χ0v) is 20.3. The summed E-state index contributed by atoms with van der Waals surface area (Å²) in [5, 5.41) is 0. The molecule has 0 fully saturated rings. The van der Waals surface area contributed by atoms with E-state index in [1.807, 2.05) is 31.2 Å². The van der Waals surface area contributed by atoms with E-state index in [-0.39, 0.29) is 30.1 Å². The maximum atomic E-state index is 14.4. The molecule has 36 heavy (non-hydrogen) atoms.